The SMILES string of the molecule is CC1CCN(C(=O)c2ccccc2NC(=O)c2ccccc2[N+](=O)[O-])CC1. The summed E-state index contributed by atoms with van der Waals surface area (Å²) >= 11 is 0. The summed E-state index contributed by atoms with van der Waals surface area (Å²) in [5, 5.41) is 13.8. The maximum absolute atomic E-state index is 12.9. The second-order valence-corrected chi connectivity index (χ2v) is 6.75. The smallest absolute Gasteiger partial charge is 0.282 e. The summed E-state index contributed by atoms with van der Waals surface area (Å²) in [5.74, 6) is -0.155. The Hall–Kier alpha value is -3.22. The highest BCUT2D eigenvalue weighted by Crippen LogP contribution is 2.24. The molecule has 2 aromatic rings. The van der Waals surface area contributed by atoms with Crippen LogP contribution < -0.4 is 5.32 Å². The van der Waals surface area contributed by atoms with Gasteiger partial charge in [-0.3, -0.25) is 19.7 Å². The van der Waals surface area contributed by atoms with Crippen molar-refractivity contribution in [1.29, 1.82) is 0 Å². The Labute approximate surface area is 157 Å². The van der Waals surface area contributed by atoms with Gasteiger partial charge in [-0.25, -0.2) is 0 Å². The molecule has 2 aromatic carbocycles. The normalized spacial score (nSPS) is 14.6. The largest absolute Gasteiger partial charge is 0.339 e. The van der Waals surface area contributed by atoms with E-state index in [-0.39, 0.29) is 17.2 Å². The van der Waals surface area contributed by atoms with Crippen LogP contribution in [-0.4, -0.2) is 34.7 Å². The molecular formula is C20H21N3O4. The molecule has 7 heteroatoms. The van der Waals surface area contributed by atoms with E-state index in [0.29, 0.717) is 30.3 Å². The molecule has 1 heterocycles. The molecule has 3 rings (SSSR count). The lowest BCUT2D eigenvalue weighted by Gasteiger charge is -2.30. The minimum absolute atomic E-state index is 0.0449. The molecule has 0 aliphatic carbocycles. The molecule has 27 heavy (non-hydrogen) atoms. The summed E-state index contributed by atoms with van der Waals surface area (Å²) in [6.07, 6.45) is 1.91. The van der Waals surface area contributed by atoms with E-state index in [9.17, 15) is 19.7 Å². The number of amides is 2. The van der Waals surface area contributed by atoms with Gasteiger partial charge < -0.3 is 10.2 Å². The third-order valence-electron chi connectivity index (χ3n) is 4.82. The van der Waals surface area contributed by atoms with Gasteiger partial charge in [0.15, 0.2) is 0 Å². The predicted molar refractivity (Wildman–Crippen MR) is 102 cm³/mol. The van der Waals surface area contributed by atoms with E-state index < -0.39 is 10.8 Å². The second-order valence-electron chi connectivity index (χ2n) is 6.75. The number of benzene rings is 2. The maximum Gasteiger partial charge on any atom is 0.282 e. The molecular weight excluding hydrogens is 346 g/mol. The highest BCUT2D eigenvalue weighted by molar-refractivity contribution is 6.10. The van der Waals surface area contributed by atoms with Gasteiger partial charge in [0.25, 0.3) is 17.5 Å². The number of nitrogens with one attached hydrogen (secondary N) is 1. The Bertz CT molecular complexity index is 873. The van der Waals surface area contributed by atoms with Crippen molar-refractivity contribution in [3.63, 3.8) is 0 Å². The highest BCUT2D eigenvalue weighted by atomic mass is 16.6. The standard InChI is InChI=1S/C20H21N3O4/c1-14-10-12-22(13-11-14)20(25)15-6-2-4-8-17(15)21-19(24)16-7-3-5-9-18(16)23(26)27/h2-9,14H,10-13H2,1H3,(H,21,24). The quantitative estimate of drug-likeness (QED) is 0.658. The fourth-order valence-corrected chi connectivity index (χ4v) is 3.18. The molecule has 1 N–H and O–H groups in total. The number of nitrogens with zero attached hydrogens (tertiary/aromatic N) is 2. The highest BCUT2D eigenvalue weighted by Gasteiger charge is 2.25. The fourth-order valence-electron chi connectivity index (χ4n) is 3.18. The van der Waals surface area contributed by atoms with Crippen LogP contribution in [0.15, 0.2) is 48.5 Å². The van der Waals surface area contributed by atoms with Crippen molar-refractivity contribution >= 4 is 23.2 Å². The average molecular weight is 367 g/mol. The maximum atomic E-state index is 12.9. The van der Waals surface area contributed by atoms with Crippen LogP contribution >= 0.6 is 0 Å². The molecule has 1 saturated heterocycles. The van der Waals surface area contributed by atoms with Gasteiger partial charge in [-0.05, 0) is 37.0 Å². The molecule has 1 aliphatic heterocycles. The minimum atomic E-state index is -0.616. The Morgan fingerprint density at radius 1 is 1.04 bits per heavy atom. The molecule has 1 aliphatic rings. The molecule has 0 aromatic heterocycles. The number of para-hydroxylation sites is 2. The lowest BCUT2D eigenvalue weighted by atomic mass is 9.98. The van der Waals surface area contributed by atoms with Crippen LogP contribution in [0.4, 0.5) is 11.4 Å². The van der Waals surface area contributed by atoms with Crippen molar-refractivity contribution in [3.8, 4) is 0 Å². The van der Waals surface area contributed by atoms with Crippen LogP contribution in [0.2, 0.25) is 0 Å². The number of hydrogen-bond acceptors (Lipinski definition) is 4. The summed E-state index contributed by atoms with van der Waals surface area (Å²) in [4.78, 5) is 37.8. The molecule has 140 valence electrons. The van der Waals surface area contributed by atoms with Crippen LogP contribution in [0.3, 0.4) is 0 Å². The van der Waals surface area contributed by atoms with Crippen LogP contribution in [0.5, 0.6) is 0 Å². The van der Waals surface area contributed by atoms with E-state index in [0.717, 1.165) is 12.8 Å². The number of carbonyl (C=O) groups excluding carboxylic acids is 2. The summed E-state index contributed by atoms with van der Waals surface area (Å²) in [7, 11) is 0. The van der Waals surface area contributed by atoms with Crippen molar-refractivity contribution in [2.24, 2.45) is 5.92 Å². The number of nitro groups is 1. The molecule has 7 nitrogen and oxygen atoms in total. The number of carbonyl (C=O) groups is 2. The Morgan fingerprint density at radius 2 is 1.63 bits per heavy atom. The summed E-state index contributed by atoms with van der Waals surface area (Å²) in [6.45, 7) is 3.54. The molecule has 0 bridgehead atoms. The number of likely N-dealkylation sites (tertiary alicyclic amines) is 1. The molecule has 1 fully saturated rings. The first-order valence-corrected chi connectivity index (χ1v) is 8.90. The van der Waals surface area contributed by atoms with Gasteiger partial charge in [-0.15, -0.1) is 0 Å². The van der Waals surface area contributed by atoms with Crippen molar-refractivity contribution in [1.82, 2.24) is 4.90 Å². The van der Waals surface area contributed by atoms with Crippen molar-refractivity contribution in [2.75, 3.05) is 18.4 Å². The summed E-state index contributed by atoms with van der Waals surface area (Å²) in [6, 6.07) is 12.5. The van der Waals surface area contributed by atoms with Gasteiger partial charge in [0.2, 0.25) is 0 Å². The number of anilines is 1. The minimum Gasteiger partial charge on any atom is -0.339 e. The van der Waals surface area contributed by atoms with Crippen LogP contribution in [0, 0.1) is 16.0 Å². The van der Waals surface area contributed by atoms with E-state index in [4.69, 9.17) is 0 Å². The topological polar surface area (TPSA) is 92.6 Å². The zero-order chi connectivity index (χ0) is 19.4. The molecule has 0 saturated carbocycles. The van der Waals surface area contributed by atoms with Gasteiger partial charge in [0, 0.05) is 19.2 Å². The number of hydrogen-bond donors (Lipinski definition) is 1. The van der Waals surface area contributed by atoms with Crippen LogP contribution in [0.25, 0.3) is 0 Å². The van der Waals surface area contributed by atoms with Crippen molar-refractivity contribution in [2.45, 2.75) is 19.8 Å². The number of rotatable bonds is 4. The van der Waals surface area contributed by atoms with E-state index in [1.54, 1.807) is 35.2 Å². The Kier molecular flexibility index (Phi) is 5.49. The van der Waals surface area contributed by atoms with Crippen LogP contribution in [0.1, 0.15) is 40.5 Å². The van der Waals surface area contributed by atoms with E-state index in [2.05, 4.69) is 12.2 Å². The summed E-state index contributed by atoms with van der Waals surface area (Å²) < 4.78 is 0. The third-order valence-corrected chi connectivity index (χ3v) is 4.82. The van der Waals surface area contributed by atoms with Crippen molar-refractivity contribution in [3.05, 3.63) is 69.8 Å². The number of piperidine rings is 1. The summed E-state index contributed by atoms with van der Waals surface area (Å²) in [5.41, 5.74) is 0.420. The Balaban J connectivity index is 1.83. The Morgan fingerprint density at radius 3 is 2.30 bits per heavy atom. The van der Waals surface area contributed by atoms with Gasteiger partial charge in [0.1, 0.15) is 5.56 Å². The van der Waals surface area contributed by atoms with E-state index in [1.807, 2.05) is 0 Å². The molecule has 0 radical (unpaired) electrons. The average Bonchev–Trinajstić information content (AvgIpc) is 2.68. The molecule has 0 atom stereocenters. The van der Waals surface area contributed by atoms with Gasteiger partial charge in [0.05, 0.1) is 16.2 Å². The van der Waals surface area contributed by atoms with Gasteiger partial charge >= 0.3 is 0 Å². The first-order valence-electron chi connectivity index (χ1n) is 8.90. The van der Waals surface area contributed by atoms with Gasteiger partial charge in [-0.1, -0.05) is 31.2 Å². The molecule has 0 unspecified atom stereocenters. The fraction of sp³-hybridized carbons (Fsp3) is 0.300. The predicted octanol–water partition coefficient (Wildman–Crippen LogP) is 3.72. The van der Waals surface area contributed by atoms with Crippen molar-refractivity contribution < 1.29 is 14.5 Å². The lowest BCUT2D eigenvalue weighted by molar-refractivity contribution is -0.385. The first kappa shape index (κ1) is 18.6. The van der Waals surface area contributed by atoms with E-state index >= 15 is 0 Å². The lowest BCUT2D eigenvalue weighted by Crippen LogP contribution is -2.38. The van der Waals surface area contributed by atoms with Gasteiger partial charge in [-0.2, -0.15) is 0 Å². The first-order chi connectivity index (χ1) is 13.0. The zero-order valence-electron chi connectivity index (χ0n) is 15.1. The zero-order valence-corrected chi connectivity index (χ0v) is 15.1. The number of nitro benzene ring substituents is 1. The van der Waals surface area contributed by atoms with E-state index in [1.165, 1.54) is 18.2 Å². The second kappa shape index (κ2) is 7.99. The monoisotopic (exact) mass is 367 g/mol. The molecule has 0 spiro atoms. The van der Waals surface area contributed by atoms with Crippen LogP contribution in [-0.2, 0) is 0 Å². The third kappa shape index (κ3) is 4.13. The molecule has 2 amide bonds.